The Bertz CT molecular complexity index is 1060. The van der Waals surface area contributed by atoms with Crippen LogP contribution in [0.2, 0.25) is 0 Å². The Morgan fingerprint density at radius 1 is 1.17 bits per heavy atom. The van der Waals surface area contributed by atoms with E-state index in [1.54, 1.807) is 13.0 Å². The van der Waals surface area contributed by atoms with E-state index in [-0.39, 0.29) is 25.1 Å². The van der Waals surface area contributed by atoms with Crippen LogP contribution in [0.4, 0.5) is 0 Å². The lowest BCUT2D eigenvalue weighted by molar-refractivity contribution is -0.154. The van der Waals surface area contributed by atoms with E-state index in [2.05, 4.69) is 16.4 Å². The van der Waals surface area contributed by atoms with E-state index < -0.39 is 6.10 Å². The van der Waals surface area contributed by atoms with Gasteiger partial charge in [-0.25, -0.2) is 0 Å². The van der Waals surface area contributed by atoms with Crippen molar-refractivity contribution >= 4 is 22.8 Å². The number of aromatic nitrogens is 1. The molecule has 1 aliphatic rings. The predicted molar refractivity (Wildman–Crippen MR) is 111 cm³/mol. The van der Waals surface area contributed by atoms with Gasteiger partial charge in [-0.3, -0.25) is 9.59 Å². The van der Waals surface area contributed by atoms with E-state index in [9.17, 15) is 9.59 Å². The predicted octanol–water partition coefficient (Wildman–Crippen LogP) is 3.47. The highest BCUT2D eigenvalue weighted by atomic mass is 16.7. The number of esters is 1. The van der Waals surface area contributed by atoms with Gasteiger partial charge in [-0.15, -0.1) is 0 Å². The molecule has 0 radical (unpaired) electrons. The van der Waals surface area contributed by atoms with Crippen LogP contribution in [0.15, 0.2) is 48.7 Å². The molecule has 0 spiro atoms. The van der Waals surface area contributed by atoms with Crippen LogP contribution in [0.5, 0.6) is 11.5 Å². The Balaban J connectivity index is 1.19. The first-order chi connectivity index (χ1) is 14.6. The monoisotopic (exact) mass is 408 g/mol. The van der Waals surface area contributed by atoms with Gasteiger partial charge < -0.3 is 24.5 Å². The number of nitrogens with one attached hydrogen (secondary N) is 2. The molecule has 2 N–H and O–H groups in total. The second-order valence-electron chi connectivity index (χ2n) is 7.25. The molecule has 1 aromatic heterocycles. The van der Waals surface area contributed by atoms with Crippen molar-refractivity contribution < 1.29 is 23.8 Å². The molecule has 7 nitrogen and oxygen atoms in total. The highest BCUT2D eigenvalue weighted by Gasteiger charge is 2.18. The fraction of sp³-hybridized carbons (Fsp3) is 0.304. The quantitative estimate of drug-likeness (QED) is 0.557. The molecule has 4 rings (SSSR count). The van der Waals surface area contributed by atoms with Gasteiger partial charge in [0.05, 0.1) is 0 Å². The number of aryl methyl sites for hydroxylation is 1. The highest BCUT2D eigenvalue weighted by Crippen LogP contribution is 2.32. The fourth-order valence-corrected chi connectivity index (χ4v) is 3.46. The number of carbonyl (C=O) groups is 2. The standard InChI is InChI=1S/C23H24N2O5/c1-15(23(27)25-12-16-9-10-20-21(11-16)29-14-28-20)30-22(26)8-4-5-17-13-24-19-7-3-2-6-18(17)19/h2-3,6-7,9-11,13,15,24H,4-5,8,12,14H2,1H3,(H,25,27). The summed E-state index contributed by atoms with van der Waals surface area (Å²) in [5.74, 6) is 0.648. The Labute approximate surface area is 174 Å². The van der Waals surface area contributed by atoms with Gasteiger partial charge in [0.25, 0.3) is 5.91 Å². The fourth-order valence-electron chi connectivity index (χ4n) is 3.46. The van der Waals surface area contributed by atoms with Crippen molar-refractivity contribution in [2.45, 2.75) is 38.8 Å². The summed E-state index contributed by atoms with van der Waals surface area (Å²) in [6.45, 7) is 2.10. The molecule has 30 heavy (non-hydrogen) atoms. The van der Waals surface area contributed by atoms with Crippen LogP contribution < -0.4 is 14.8 Å². The van der Waals surface area contributed by atoms with Crippen LogP contribution in [-0.2, 0) is 27.3 Å². The largest absolute Gasteiger partial charge is 0.454 e. The maximum Gasteiger partial charge on any atom is 0.306 e. The normalized spacial score (nSPS) is 13.2. The van der Waals surface area contributed by atoms with Gasteiger partial charge in [0.1, 0.15) is 0 Å². The molecule has 1 aliphatic heterocycles. The molecule has 2 aromatic carbocycles. The first-order valence-electron chi connectivity index (χ1n) is 10.0. The van der Waals surface area contributed by atoms with E-state index in [0.717, 1.165) is 17.5 Å². The Kier molecular flexibility index (Phi) is 5.88. The number of amides is 1. The number of fused-ring (bicyclic) bond motifs is 2. The van der Waals surface area contributed by atoms with Crippen molar-refractivity contribution in [1.29, 1.82) is 0 Å². The van der Waals surface area contributed by atoms with Crippen molar-refractivity contribution in [3.05, 3.63) is 59.8 Å². The second kappa shape index (κ2) is 8.90. The summed E-state index contributed by atoms with van der Waals surface area (Å²) in [4.78, 5) is 27.6. The van der Waals surface area contributed by atoms with Gasteiger partial charge in [-0.2, -0.15) is 0 Å². The van der Waals surface area contributed by atoms with Crippen LogP contribution >= 0.6 is 0 Å². The Morgan fingerprint density at radius 3 is 2.90 bits per heavy atom. The third-order valence-corrected chi connectivity index (χ3v) is 5.08. The average molecular weight is 408 g/mol. The van der Waals surface area contributed by atoms with Crippen molar-refractivity contribution in [3.8, 4) is 11.5 Å². The van der Waals surface area contributed by atoms with E-state index in [1.807, 2.05) is 36.5 Å². The lowest BCUT2D eigenvalue weighted by Crippen LogP contribution is -2.35. The van der Waals surface area contributed by atoms with E-state index in [4.69, 9.17) is 14.2 Å². The van der Waals surface area contributed by atoms with Gasteiger partial charge in [-0.05, 0) is 49.1 Å². The molecule has 1 atom stereocenters. The van der Waals surface area contributed by atoms with Crippen LogP contribution in [0.1, 0.15) is 30.9 Å². The molecule has 0 fully saturated rings. The molecule has 1 unspecified atom stereocenters. The second-order valence-corrected chi connectivity index (χ2v) is 7.25. The number of carbonyl (C=O) groups excluding carboxylic acids is 2. The summed E-state index contributed by atoms with van der Waals surface area (Å²) in [5.41, 5.74) is 3.14. The lowest BCUT2D eigenvalue weighted by atomic mass is 10.1. The minimum Gasteiger partial charge on any atom is -0.454 e. The maximum atomic E-state index is 12.2. The number of hydrogen-bond acceptors (Lipinski definition) is 5. The molecule has 7 heteroatoms. The average Bonchev–Trinajstić information content (AvgIpc) is 3.38. The number of rotatable bonds is 8. The number of ether oxygens (including phenoxy) is 3. The van der Waals surface area contributed by atoms with Crippen molar-refractivity contribution in [2.75, 3.05) is 6.79 Å². The Hall–Kier alpha value is -3.48. The molecule has 1 amide bonds. The lowest BCUT2D eigenvalue weighted by Gasteiger charge is -2.13. The zero-order chi connectivity index (χ0) is 20.9. The van der Waals surface area contributed by atoms with Crippen LogP contribution in [-0.4, -0.2) is 29.8 Å². The summed E-state index contributed by atoms with van der Waals surface area (Å²) in [7, 11) is 0. The van der Waals surface area contributed by atoms with Gasteiger partial charge in [-0.1, -0.05) is 24.3 Å². The first-order valence-corrected chi connectivity index (χ1v) is 10.0. The molecule has 2 heterocycles. The van der Waals surface area contributed by atoms with Crippen LogP contribution in [0, 0.1) is 0 Å². The first kappa shape index (κ1) is 19.8. The number of aromatic amines is 1. The topological polar surface area (TPSA) is 89.7 Å². The third-order valence-electron chi connectivity index (χ3n) is 5.08. The minimum atomic E-state index is -0.848. The van der Waals surface area contributed by atoms with Gasteiger partial charge in [0.15, 0.2) is 17.6 Å². The molecule has 0 saturated carbocycles. The van der Waals surface area contributed by atoms with E-state index in [0.29, 0.717) is 24.5 Å². The van der Waals surface area contributed by atoms with Crippen LogP contribution in [0.3, 0.4) is 0 Å². The number of benzene rings is 2. The molecule has 156 valence electrons. The summed E-state index contributed by atoms with van der Waals surface area (Å²) in [6.07, 6.45) is 2.82. The van der Waals surface area contributed by atoms with Crippen molar-refractivity contribution in [1.82, 2.24) is 10.3 Å². The Morgan fingerprint density at radius 2 is 2.00 bits per heavy atom. The molecule has 0 bridgehead atoms. The van der Waals surface area contributed by atoms with E-state index in [1.165, 1.54) is 10.9 Å². The van der Waals surface area contributed by atoms with E-state index >= 15 is 0 Å². The molecular weight excluding hydrogens is 384 g/mol. The minimum absolute atomic E-state index is 0.207. The van der Waals surface area contributed by atoms with Gasteiger partial charge in [0.2, 0.25) is 6.79 Å². The summed E-state index contributed by atoms with van der Waals surface area (Å²) < 4.78 is 15.9. The number of para-hydroxylation sites is 1. The number of H-pyrrole nitrogens is 1. The third kappa shape index (κ3) is 4.56. The maximum absolute atomic E-state index is 12.2. The zero-order valence-electron chi connectivity index (χ0n) is 16.8. The van der Waals surface area contributed by atoms with Gasteiger partial charge in [0, 0.05) is 30.1 Å². The molecule has 3 aromatic rings. The highest BCUT2D eigenvalue weighted by molar-refractivity contribution is 5.84. The van der Waals surface area contributed by atoms with Crippen molar-refractivity contribution in [3.63, 3.8) is 0 Å². The number of hydrogen-bond donors (Lipinski definition) is 2. The SMILES string of the molecule is CC(OC(=O)CCCc1c[nH]c2ccccc12)C(=O)NCc1ccc2c(c1)OCO2. The van der Waals surface area contributed by atoms with Crippen molar-refractivity contribution in [2.24, 2.45) is 0 Å². The summed E-state index contributed by atoms with van der Waals surface area (Å²) in [6, 6.07) is 13.6. The molecule has 0 aliphatic carbocycles. The molecular formula is C23H24N2O5. The smallest absolute Gasteiger partial charge is 0.306 e. The van der Waals surface area contributed by atoms with Gasteiger partial charge >= 0.3 is 5.97 Å². The molecule has 0 saturated heterocycles. The summed E-state index contributed by atoms with van der Waals surface area (Å²) in [5, 5.41) is 3.95. The van der Waals surface area contributed by atoms with Crippen LogP contribution in [0.25, 0.3) is 10.9 Å². The summed E-state index contributed by atoms with van der Waals surface area (Å²) >= 11 is 0. The zero-order valence-corrected chi connectivity index (χ0v) is 16.8.